The topological polar surface area (TPSA) is 73.0 Å². The Kier molecular flexibility index (Phi) is 3.74. The Balaban J connectivity index is 2.10. The van der Waals surface area contributed by atoms with Crippen molar-refractivity contribution in [3.8, 4) is 0 Å². The third kappa shape index (κ3) is 3.14. The van der Waals surface area contributed by atoms with Crippen LogP contribution in [-0.2, 0) is 12.1 Å². The van der Waals surface area contributed by atoms with Crippen molar-refractivity contribution in [1.29, 1.82) is 0 Å². The van der Waals surface area contributed by atoms with Gasteiger partial charge in [-0.15, -0.1) is 0 Å². The van der Waals surface area contributed by atoms with Crippen LogP contribution >= 0.6 is 0 Å². The van der Waals surface area contributed by atoms with Gasteiger partial charge in [0, 0.05) is 24.4 Å². The molecule has 1 N–H and O–H groups in total. The van der Waals surface area contributed by atoms with Crippen LogP contribution < -0.4 is 5.32 Å². The molecule has 0 saturated carbocycles. The van der Waals surface area contributed by atoms with Gasteiger partial charge < -0.3 is 5.32 Å². The van der Waals surface area contributed by atoms with Crippen molar-refractivity contribution in [2.24, 2.45) is 0 Å². The third-order valence-corrected chi connectivity index (χ3v) is 2.91. The van der Waals surface area contributed by atoms with Crippen LogP contribution in [-0.4, -0.2) is 14.7 Å². The van der Waals surface area contributed by atoms with Gasteiger partial charge in [0.1, 0.15) is 5.69 Å². The first-order chi connectivity index (χ1) is 9.38. The minimum absolute atomic E-state index is 0.0724. The van der Waals surface area contributed by atoms with E-state index in [1.54, 1.807) is 24.4 Å². The zero-order valence-corrected chi connectivity index (χ0v) is 11.8. The lowest BCUT2D eigenvalue weighted by Crippen LogP contribution is -2.21. The van der Waals surface area contributed by atoms with E-state index in [1.165, 1.54) is 6.07 Å². The van der Waals surface area contributed by atoms with Crippen molar-refractivity contribution in [1.82, 2.24) is 9.78 Å². The zero-order chi connectivity index (χ0) is 14.8. The number of anilines is 1. The molecule has 1 heterocycles. The van der Waals surface area contributed by atoms with E-state index >= 15 is 0 Å². The SMILES string of the molecule is CC(C)(C)n1cc(CNc2ccccc2[N+](=O)[O-])cn1. The average molecular weight is 274 g/mol. The van der Waals surface area contributed by atoms with Crippen molar-refractivity contribution < 1.29 is 4.92 Å². The molecule has 20 heavy (non-hydrogen) atoms. The maximum atomic E-state index is 10.9. The smallest absolute Gasteiger partial charge is 0.292 e. The van der Waals surface area contributed by atoms with Gasteiger partial charge in [-0.25, -0.2) is 0 Å². The Morgan fingerprint density at radius 2 is 2.05 bits per heavy atom. The summed E-state index contributed by atoms with van der Waals surface area (Å²) in [6, 6.07) is 6.61. The number of aromatic nitrogens is 2. The van der Waals surface area contributed by atoms with Crippen LogP contribution in [0.4, 0.5) is 11.4 Å². The third-order valence-electron chi connectivity index (χ3n) is 2.91. The molecule has 2 aromatic rings. The van der Waals surface area contributed by atoms with Gasteiger partial charge in [0.25, 0.3) is 5.69 Å². The Morgan fingerprint density at radius 1 is 1.35 bits per heavy atom. The van der Waals surface area contributed by atoms with E-state index < -0.39 is 0 Å². The van der Waals surface area contributed by atoms with Crippen LogP contribution in [0.3, 0.4) is 0 Å². The van der Waals surface area contributed by atoms with E-state index in [1.807, 2.05) is 10.9 Å². The summed E-state index contributed by atoms with van der Waals surface area (Å²) in [5.74, 6) is 0. The largest absolute Gasteiger partial charge is 0.375 e. The number of para-hydroxylation sites is 2. The van der Waals surface area contributed by atoms with Gasteiger partial charge in [0.15, 0.2) is 0 Å². The van der Waals surface area contributed by atoms with E-state index in [0.717, 1.165) is 5.56 Å². The fraction of sp³-hybridized carbons (Fsp3) is 0.357. The van der Waals surface area contributed by atoms with E-state index in [4.69, 9.17) is 0 Å². The molecule has 0 unspecified atom stereocenters. The molecule has 0 saturated heterocycles. The van der Waals surface area contributed by atoms with Crippen LogP contribution in [0.25, 0.3) is 0 Å². The van der Waals surface area contributed by atoms with Crippen LogP contribution in [0.2, 0.25) is 0 Å². The second-order valence-corrected chi connectivity index (χ2v) is 5.59. The molecule has 0 aliphatic heterocycles. The van der Waals surface area contributed by atoms with Crippen LogP contribution in [0.5, 0.6) is 0 Å². The number of benzene rings is 1. The number of hydrogen-bond acceptors (Lipinski definition) is 4. The van der Waals surface area contributed by atoms with Gasteiger partial charge in [0.2, 0.25) is 0 Å². The quantitative estimate of drug-likeness (QED) is 0.686. The molecule has 0 bridgehead atoms. The summed E-state index contributed by atoms with van der Waals surface area (Å²) in [6.45, 7) is 6.71. The molecule has 6 nitrogen and oxygen atoms in total. The van der Waals surface area contributed by atoms with E-state index in [2.05, 4.69) is 31.2 Å². The zero-order valence-electron chi connectivity index (χ0n) is 11.8. The maximum Gasteiger partial charge on any atom is 0.292 e. The molecule has 0 spiro atoms. The molecule has 0 fully saturated rings. The first-order valence-corrected chi connectivity index (χ1v) is 6.39. The minimum atomic E-state index is -0.388. The first-order valence-electron chi connectivity index (χ1n) is 6.39. The molecule has 0 atom stereocenters. The molecule has 1 aromatic heterocycles. The number of nitrogens with zero attached hydrogens (tertiary/aromatic N) is 3. The fourth-order valence-corrected chi connectivity index (χ4v) is 1.80. The lowest BCUT2D eigenvalue weighted by Gasteiger charge is -2.18. The van der Waals surface area contributed by atoms with Crippen molar-refractivity contribution in [3.63, 3.8) is 0 Å². The Labute approximate surface area is 117 Å². The Bertz CT molecular complexity index is 614. The number of rotatable bonds is 4. The van der Waals surface area contributed by atoms with E-state index in [9.17, 15) is 10.1 Å². The van der Waals surface area contributed by atoms with E-state index in [-0.39, 0.29) is 16.1 Å². The number of nitro benzene ring substituents is 1. The highest BCUT2D eigenvalue weighted by molar-refractivity contribution is 5.61. The molecular formula is C14H18N4O2. The second-order valence-electron chi connectivity index (χ2n) is 5.59. The van der Waals surface area contributed by atoms with Gasteiger partial charge in [-0.05, 0) is 26.8 Å². The molecule has 0 radical (unpaired) electrons. The highest BCUT2D eigenvalue weighted by Crippen LogP contribution is 2.23. The summed E-state index contributed by atoms with van der Waals surface area (Å²) >= 11 is 0. The van der Waals surface area contributed by atoms with Crippen molar-refractivity contribution in [3.05, 3.63) is 52.3 Å². The summed E-state index contributed by atoms with van der Waals surface area (Å²) in [7, 11) is 0. The summed E-state index contributed by atoms with van der Waals surface area (Å²) in [6.07, 6.45) is 3.72. The number of nitro groups is 1. The monoisotopic (exact) mass is 274 g/mol. The van der Waals surface area contributed by atoms with Crippen molar-refractivity contribution in [2.45, 2.75) is 32.9 Å². The highest BCUT2D eigenvalue weighted by Gasteiger charge is 2.15. The summed E-state index contributed by atoms with van der Waals surface area (Å²) in [4.78, 5) is 10.5. The first kappa shape index (κ1) is 14.0. The highest BCUT2D eigenvalue weighted by atomic mass is 16.6. The van der Waals surface area contributed by atoms with Gasteiger partial charge in [-0.1, -0.05) is 12.1 Å². The Morgan fingerprint density at radius 3 is 2.65 bits per heavy atom. The molecule has 106 valence electrons. The van der Waals surface area contributed by atoms with Crippen LogP contribution in [0, 0.1) is 10.1 Å². The van der Waals surface area contributed by atoms with Crippen LogP contribution in [0.1, 0.15) is 26.3 Å². The summed E-state index contributed by atoms with van der Waals surface area (Å²) < 4.78 is 1.88. The van der Waals surface area contributed by atoms with Gasteiger partial charge in [-0.3, -0.25) is 14.8 Å². The Hall–Kier alpha value is -2.37. The van der Waals surface area contributed by atoms with Crippen molar-refractivity contribution in [2.75, 3.05) is 5.32 Å². The van der Waals surface area contributed by atoms with E-state index in [0.29, 0.717) is 12.2 Å². The van der Waals surface area contributed by atoms with Crippen molar-refractivity contribution >= 4 is 11.4 Å². The predicted octanol–water partition coefficient (Wildman–Crippen LogP) is 3.16. The van der Waals surface area contributed by atoms with Gasteiger partial charge in [-0.2, -0.15) is 5.10 Å². The van der Waals surface area contributed by atoms with Gasteiger partial charge >= 0.3 is 0 Å². The fourth-order valence-electron chi connectivity index (χ4n) is 1.80. The molecule has 0 aliphatic rings. The average Bonchev–Trinajstić information content (AvgIpc) is 2.85. The molecule has 6 heteroatoms. The number of hydrogen-bond donors (Lipinski definition) is 1. The number of nitrogens with one attached hydrogen (secondary N) is 1. The molecule has 0 amide bonds. The van der Waals surface area contributed by atoms with Crippen LogP contribution in [0.15, 0.2) is 36.7 Å². The molecule has 2 rings (SSSR count). The lowest BCUT2D eigenvalue weighted by atomic mass is 10.1. The molecule has 0 aliphatic carbocycles. The standard InChI is InChI=1S/C14H18N4O2/c1-14(2,3)17-10-11(9-16-17)8-15-12-6-4-5-7-13(12)18(19)20/h4-7,9-10,15H,8H2,1-3H3. The normalized spacial score (nSPS) is 11.3. The summed E-state index contributed by atoms with van der Waals surface area (Å²) in [5, 5.41) is 18.3. The summed E-state index contributed by atoms with van der Waals surface area (Å²) in [5.41, 5.74) is 1.51. The maximum absolute atomic E-state index is 10.9. The molecular weight excluding hydrogens is 256 g/mol. The minimum Gasteiger partial charge on any atom is -0.375 e. The molecule has 1 aromatic carbocycles. The second kappa shape index (κ2) is 5.32. The van der Waals surface area contributed by atoms with Gasteiger partial charge in [0.05, 0.1) is 16.7 Å². The lowest BCUT2D eigenvalue weighted by molar-refractivity contribution is -0.384. The predicted molar refractivity (Wildman–Crippen MR) is 77.6 cm³/mol.